The predicted molar refractivity (Wildman–Crippen MR) is 79.1 cm³/mol. The van der Waals surface area contributed by atoms with Crippen molar-refractivity contribution in [1.82, 2.24) is 15.1 Å². The summed E-state index contributed by atoms with van der Waals surface area (Å²) in [5.74, 6) is -0.176. The van der Waals surface area contributed by atoms with Crippen LogP contribution in [-0.2, 0) is 13.5 Å². The van der Waals surface area contributed by atoms with Crippen LogP contribution in [0.1, 0.15) is 36.2 Å². The molecule has 0 saturated heterocycles. The summed E-state index contributed by atoms with van der Waals surface area (Å²) < 4.78 is 15.3. The molecule has 0 aliphatic rings. The summed E-state index contributed by atoms with van der Waals surface area (Å²) >= 11 is 0. The van der Waals surface area contributed by atoms with Crippen LogP contribution in [0, 0.1) is 12.7 Å². The minimum Gasteiger partial charge on any atom is -0.308 e. The molecule has 1 aromatic carbocycles. The highest BCUT2D eigenvalue weighted by Gasteiger charge is 2.16. The third-order valence-corrected chi connectivity index (χ3v) is 3.59. The number of hydrogen-bond donors (Lipinski definition) is 1. The fraction of sp³-hybridized carbons (Fsp3) is 0.438. The first-order chi connectivity index (χ1) is 9.61. The first kappa shape index (κ1) is 14.7. The molecule has 0 radical (unpaired) electrons. The second kappa shape index (κ2) is 6.66. The van der Waals surface area contributed by atoms with Crippen molar-refractivity contribution in [2.45, 2.75) is 32.7 Å². The van der Waals surface area contributed by atoms with Crippen molar-refractivity contribution in [3.63, 3.8) is 0 Å². The molecule has 4 heteroatoms. The van der Waals surface area contributed by atoms with Gasteiger partial charge in [-0.05, 0) is 55.6 Å². The Balaban J connectivity index is 2.23. The summed E-state index contributed by atoms with van der Waals surface area (Å²) in [5, 5.41) is 7.75. The van der Waals surface area contributed by atoms with Crippen molar-refractivity contribution in [3.8, 4) is 0 Å². The number of aromatic nitrogens is 2. The molecule has 1 atom stereocenters. The topological polar surface area (TPSA) is 29.9 Å². The van der Waals surface area contributed by atoms with Crippen LogP contribution in [-0.4, -0.2) is 16.3 Å². The molecule has 0 aliphatic carbocycles. The maximum atomic E-state index is 13.4. The van der Waals surface area contributed by atoms with Crippen molar-refractivity contribution in [1.29, 1.82) is 0 Å². The molecule has 2 aromatic rings. The number of nitrogens with one attached hydrogen (secondary N) is 1. The van der Waals surface area contributed by atoms with Crippen LogP contribution in [0.3, 0.4) is 0 Å². The number of rotatable bonds is 6. The van der Waals surface area contributed by atoms with Gasteiger partial charge in [0.05, 0.1) is 11.7 Å². The minimum atomic E-state index is -0.176. The van der Waals surface area contributed by atoms with E-state index >= 15 is 0 Å². The Bertz CT molecular complexity index is 563. The minimum absolute atomic E-state index is 0.156. The summed E-state index contributed by atoms with van der Waals surface area (Å²) in [6.07, 6.45) is 3.63. The summed E-state index contributed by atoms with van der Waals surface area (Å²) in [7, 11) is 1.94. The van der Waals surface area contributed by atoms with Crippen LogP contribution in [0.4, 0.5) is 4.39 Å². The van der Waals surface area contributed by atoms with Gasteiger partial charge in [-0.15, -0.1) is 0 Å². The van der Waals surface area contributed by atoms with E-state index in [1.807, 2.05) is 30.8 Å². The van der Waals surface area contributed by atoms with E-state index in [2.05, 4.69) is 17.3 Å². The molecule has 0 aliphatic heterocycles. The predicted octanol–water partition coefficient (Wildman–Crippen LogP) is 3.15. The normalized spacial score (nSPS) is 12.6. The molecule has 20 heavy (non-hydrogen) atoms. The Kier molecular flexibility index (Phi) is 4.90. The summed E-state index contributed by atoms with van der Waals surface area (Å²) in [5.41, 5.74) is 3.29. The van der Waals surface area contributed by atoms with Crippen LogP contribution in [0.2, 0.25) is 0 Å². The van der Waals surface area contributed by atoms with E-state index in [4.69, 9.17) is 0 Å². The van der Waals surface area contributed by atoms with E-state index < -0.39 is 0 Å². The highest BCUT2D eigenvalue weighted by Crippen LogP contribution is 2.21. The number of benzene rings is 1. The van der Waals surface area contributed by atoms with Gasteiger partial charge in [-0.3, -0.25) is 4.68 Å². The fourth-order valence-electron chi connectivity index (χ4n) is 2.41. The van der Waals surface area contributed by atoms with Crippen molar-refractivity contribution in [2.75, 3.05) is 6.54 Å². The molecule has 0 fully saturated rings. The lowest BCUT2D eigenvalue weighted by atomic mass is 9.99. The van der Waals surface area contributed by atoms with Gasteiger partial charge in [0.1, 0.15) is 5.82 Å². The summed E-state index contributed by atoms with van der Waals surface area (Å²) in [6.45, 7) is 5.10. The van der Waals surface area contributed by atoms with Gasteiger partial charge in [-0.25, -0.2) is 4.39 Å². The summed E-state index contributed by atoms with van der Waals surface area (Å²) in [4.78, 5) is 0. The maximum absolute atomic E-state index is 13.4. The van der Waals surface area contributed by atoms with E-state index in [0.29, 0.717) is 0 Å². The number of hydrogen-bond acceptors (Lipinski definition) is 2. The highest BCUT2D eigenvalue weighted by atomic mass is 19.1. The van der Waals surface area contributed by atoms with Gasteiger partial charge >= 0.3 is 0 Å². The van der Waals surface area contributed by atoms with Gasteiger partial charge in [-0.1, -0.05) is 13.0 Å². The van der Waals surface area contributed by atoms with Crippen LogP contribution in [0.5, 0.6) is 0 Å². The van der Waals surface area contributed by atoms with E-state index in [9.17, 15) is 4.39 Å². The molecular weight excluding hydrogens is 253 g/mol. The second-order valence-electron chi connectivity index (χ2n) is 5.16. The van der Waals surface area contributed by atoms with E-state index in [1.165, 1.54) is 6.07 Å². The Morgan fingerprint density at radius 2 is 2.15 bits per heavy atom. The highest BCUT2D eigenvalue weighted by molar-refractivity contribution is 5.28. The van der Waals surface area contributed by atoms with Crippen molar-refractivity contribution in [2.24, 2.45) is 7.05 Å². The number of aryl methyl sites for hydroxylation is 2. The van der Waals surface area contributed by atoms with Gasteiger partial charge in [-0.2, -0.15) is 5.10 Å². The second-order valence-corrected chi connectivity index (χ2v) is 5.16. The molecule has 0 saturated carbocycles. The quantitative estimate of drug-likeness (QED) is 0.877. The van der Waals surface area contributed by atoms with Crippen LogP contribution >= 0.6 is 0 Å². The molecule has 1 unspecified atom stereocenters. The monoisotopic (exact) mass is 275 g/mol. The van der Waals surface area contributed by atoms with Gasteiger partial charge in [0.25, 0.3) is 0 Å². The lowest BCUT2D eigenvalue weighted by Crippen LogP contribution is -2.26. The van der Waals surface area contributed by atoms with E-state index in [0.717, 1.165) is 36.2 Å². The van der Waals surface area contributed by atoms with E-state index in [1.54, 1.807) is 12.3 Å². The van der Waals surface area contributed by atoms with Crippen molar-refractivity contribution >= 4 is 0 Å². The van der Waals surface area contributed by atoms with E-state index in [-0.39, 0.29) is 11.9 Å². The standard InChI is InChI=1S/C16H22FN3/c1-4-8-18-15(16-7-9-19-20(16)3)11-13-10-14(17)6-5-12(13)2/h5-7,9-10,15,18H,4,8,11H2,1-3H3. The maximum Gasteiger partial charge on any atom is 0.123 e. The zero-order valence-electron chi connectivity index (χ0n) is 12.4. The molecule has 108 valence electrons. The third kappa shape index (κ3) is 3.45. The smallest absolute Gasteiger partial charge is 0.123 e. The summed E-state index contributed by atoms with van der Waals surface area (Å²) in [6, 6.07) is 7.15. The Morgan fingerprint density at radius 3 is 2.80 bits per heavy atom. The molecule has 1 aromatic heterocycles. The van der Waals surface area contributed by atoms with Gasteiger partial charge in [0.15, 0.2) is 0 Å². The number of nitrogens with zero attached hydrogens (tertiary/aromatic N) is 2. The molecule has 1 heterocycles. The number of halogens is 1. The van der Waals surface area contributed by atoms with Gasteiger partial charge in [0, 0.05) is 13.2 Å². The molecule has 0 spiro atoms. The average Bonchev–Trinajstić information content (AvgIpc) is 2.84. The van der Waals surface area contributed by atoms with Crippen LogP contribution < -0.4 is 5.32 Å². The Labute approximate surface area is 119 Å². The lowest BCUT2D eigenvalue weighted by Gasteiger charge is -2.20. The fourth-order valence-corrected chi connectivity index (χ4v) is 2.41. The molecule has 2 rings (SSSR count). The molecule has 0 amide bonds. The molecular formula is C16H22FN3. The third-order valence-electron chi connectivity index (χ3n) is 3.59. The van der Waals surface area contributed by atoms with Crippen LogP contribution in [0.25, 0.3) is 0 Å². The van der Waals surface area contributed by atoms with Crippen LogP contribution in [0.15, 0.2) is 30.5 Å². The molecule has 0 bridgehead atoms. The van der Waals surface area contributed by atoms with Gasteiger partial charge < -0.3 is 5.32 Å². The SMILES string of the molecule is CCCNC(Cc1cc(F)ccc1C)c1ccnn1C. The zero-order chi connectivity index (χ0) is 14.5. The van der Waals surface area contributed by atoms with Crippen molar-refractivity contribution in [3.05, 3.63) is 53.1 Å². The molecule has 1 N–H and O–H groups in total. The van der Waals surface area contributed by atoms with Gasteiger partial charge in [0.2, 0.25) is 0 Å². The molecule has 3 nitrogen and oxygen atoms in total. The first-order valence-electron chi connectivity index (χ1n) is 7.08. The lowest BCUT2D eigenvalue weighted by molar-refractivity contribution is 0.491. The average molecular weight is 275 g/mol. The largest absolute Gasteiger partial charge is 0.308 e. The first-order valence-corrected chi connectivity index (χ1v) is 7.08. The van der Waals surface area contributed by atoms with Crippen molar-refractivity contribution < 1.29 is 4.39 Å². The Morgan fingerprint density at radius 1 is 1.35 bits per heavy atom. The Hall–Kier alpha value is -1.68. The zero-order valence-corrected chi connectivity index (χ0v) is 12.4.